The molecule has 34 heavy (non-hydrogen) atoms. The number of thiazole rings is 1. The number of fused-ring (bicyclic) bond motifs is 3. The summed E-state index contributed by atoms with van der Waals surface area (Å²) in [5.41, 5.74) is 8.70. The molecule has 0 saturated carbocycles. The summed E-state index contributed by atoms with van der Waals surface area (Å²) in [5, 5.41) is 18.2. The van der Waals surface area contributed by atoms with Gasteiger partial charge in [-0.1, -0.05) is 48.5 Å². The number of nitro groups is 1. The van der Waals surface area contributed by atoms with Gasteiger partial charge in [0.2, 0.25) is 4.80 Å². The van der Waals surface area contributed by atoms with Crippen molar-refractivity contribution >= 4 is 22.7 Å². The number of hydrogen-bond acceptors (Lipinski definition) is 5. The third-order valence-corrected chi connectivity index (χ3v) is 6.70. The molecule has 0 radical (unpaired) electrons. The lowest BCUT2D eigenvalue weighted by Gasteiger charge is -2.08. The summed E-state index contributed by atoms with van der Waals surface area (Å²) < 4.78 is 1.81. The Morgan fingerprint density at radius 1 is 1.03 bits per heavy atom. The summed E-state index contributed by atoms with van der Waals surface area (Å²) >= 11 is 1.48. The highest BCUT2D eigenvalue weighted by molar-refractivity contribution is 7.07. The quantitative estimate of drug-likeness (QED) is 0.173. The van der Waals surface area contributed by atoms with Crippen LogP contribution in [0.1, 0.15) is 37.5 Å². The zero-order valence-corrected chi connectivity index (χ0v) is 20.0. The molecule has 0 unspecified atom stereocenters. The highest BCUT2D eigenvalue weighted by atomic mass is 32.1. The number of non-ortho nitro benzene ring substituents is 1. The molecule has 0 N–H and O–H groups in total. The van der Waals surface area contributed by atoms with Crippen LogP contribution in [0.5, 0.6) is 0 Å². The maximum atomic E-state index is 11.3. The summed E-state index contributed by atoms with van der Waals surface area (Å²) in [6, 6.07) is 21.8. The average Bonchev–Trinajstić information content (AvgIpc) is 3.39. The zero-order valence-electron chi connectivity index (χ0n) is 19.2. The van der Waals surface area contributed by atoms with Crippen LogP contribution in [-0.2, 0) is 6.42 Å². The van der Waals surface area contributed by atoms with Gasteiger partial charge in [0.15, 0.2) is 0 Å². The summed E-state index contributed by atoms with van der Waals surface area (Å²) in [4.78, 5) is 16.4. The first-order valence-electron chi connectivity index (χ1n) is 11.2. The van der Waals surface area contributed by atoms with Gasteiger partial charge in [0.25, 0.3) is 5.69 Å². The third kappa shape index (κ3) is 4.10. The van der Waals surface area contributed by atoms with Crippen LogP contribution in [0.4, 0.5) is 5.69 Å². The van der Waals surface area contributed by atoms with Crippen LogP contribution in [-0.4, -0.2) is 21.4 Å². The summed E-state index contributed by atoms with van der Waals surface area (Å²) in [6.07, 6.45) is 0.922. The summed E-state index contributed by atoms with van der Waals surface area (Å²) in [7, 11) is 0. The van der Waals surface area contributed by atoms with Crippen LogP contribution in [0, 0.1) is 10.1 Å². The fourth-order valence-electron chi connectivity index (χ4n) is 4.26. The van der Waals surface area contributed by atoms with Crippen molar-refractivity contribution in [1.82, 2.24) is 4.68 Å². The molecule has 3 aromatic carbocycles. The molecule has 7 heteroatoms. The van der Waals surface area contributed by atoms with Gasteiger partial charge in [-0.15, -0.1) is 11.3 Å². The van der Waals surface area contributed by atoms with Crippen molar-refractivity contribution in [2.75, 3.05) is 0 Å². The molecule has 1 aliphatic carbocycles. The number of rotatable bonds is 5. The van der Waals surface area contributed by atoms with Crippen molar-refractivity contribution in [2.24, 2.45) is 10.1 Å². The molecular formula is C27H24N4O2S. The minimum absolute atomic E-state index is 0.0523. The topological polar surface area (TPSA) is 72.8 Å². The lowest BCUT2D eigenvalue weighted by molar-refractivity contribution is -0.384. The fraction of sp³-hybridized carbons (Fsp3) is 0.185. The normalized spacial score (nSPS) is 13.3. The van der Waals surface area contributed by atoms with Crippen molar-refractivity contribution in [3.8, 4) is 22.4 Å². The molecule has 0 spiro atoms. The minimum Gasteiger partial charge on any atom is -0.258 e. The van der Waals surface area contributed by atoms with Crippen molar-refractivity contribution in [2.45, 2.75) is 33.2 Å². The van der Waals surface area contributed by atoms with E-state index in [-0.39, 0.29) is 16.7 Å². The molecule has 0 aliphatic heterocycles. The van der Waals surface area contributed by atoms with Crippen molar-refractivity contribution in [3.63, 3.8) is 0 Å². The largest absolute Gasteiger partial charge is 0.270 e. The Morgan fingerprint density at radius 2 is 1.82 bits per heavy atom. The van der Waals surface area contributed by atoms with Gasteiger partial charge in [-0.2, -0.15) is 5.10 Å². The first kappa shape index (κ1) is 22.0. The number of benzene rings is 3. The molecular weight excluding hydrogens is 444 g/mol. The van der Waals surface area contributed by atoms with E-state index in [0.717, 1.165) is 33.8 Å². The molecule has 1 heterocycles. The summed E-state index contributed by atoms with van der Waals surface area (Å²) in [6.45, 7) is 6.03. The van der Waals surface area contributed by atoms with E-state index in [1.54, 1.807) is 16.8 Å². The molecule has 1 aromatic heterocycles. The Morgan fingerprint density at radius 3 is 2.62 bits per heavy atom. The van der Waals surface area contributed by atoms with Gasteiger partial charge < -0.3 is 0 Å². The second-order valence-corrected chi connectivity index (χ2v) is 9.47. The second kappa shape index (κ2) is 8.83. The molecule has 6 nitrogen and oxygen atoms in total. The van der Waals surface area contributed by atoms with Gasteiger partial charge in [-0.3, -0.25) is 15.1 Å². The van der Waals surface area contributed by atoms with Gasteiger partial charge in [0, 0.05) is 29.1 Å². The predicted molar refractivity (Wildman–Crippen MR) is 137 cm³/mol. The van der Waals surface area contributed by atoms with Crippen LogP contribution in [0.25, 0.3) is 22.4 Å². The molecule has 170 valence electrons. The number of hydrogen-bond donors (Lipinski definition) is 0. The monoisotopic (exact) mass is 468 g/mol. The highest BCUT2D eigenvalue weighted by Crippen LogP contribution is 2.36. The van der Waals surface area contributed by atoms with Crippen LogP contribution in [0.2, 0.25) is 0 Å². The van der Waals surface area contributed by atoms with E-state index < -0.39 is 0 Å². The lowest BCUT2D eigenvalue weighted by atomic mass is 10.0. The Kier molecular flexibility index (Phi) is 5.71. The molecule has 4 aromatic rings. The van der Waals surface area contributed by atoms with E-state index in [1.165, 1.54) is 39.7 Å². The van der Waals surface area contributed by atoms with E-state index in [4.69, 9.17) is 10.1 Å². The van der Waals surface area contributed by atoms with Gasteiger partial charge in [-0.25, -0.2) is 4.68 Å². The second-order valence-electron chi connectivity index (χ2n) is 8.64. The van der Waals surface area contributed by atoms with Crippen LogP contribution < -0.4 is 4.80 Å². The van der Waals surface area contributed by atoms with Crippen LogP contribution >= 0.6 is 11.3 Å². The van der Waals surface area contributed by atoms with E-state index in [2.05, 4.69) is 42.5 Å². The smallest absolute Gasteiger partial charge is 0.258 e. The predicted octanol–water partition coefficient (Wildman–Crippen LogP) is 6.28. The average molecular weight is 469 g/mol. The molecule has 0 amide bonds. The van der Waals surface area contributed by atoms with Gasteiger partial charge in [0.05, 0.1) is 16.3 Å². The minimum atomic E-state index is -0.378. The standard InChI is InChI=1S/C27H24N4O2S/c1-17(2)28-27-30(26(16-34-27)21-8-6-9-23(15-21)31(32)33)29-18(3)19-11-12-25-22(13-19)14-20-7-4-5-10-24(20)25/h4-13,15-17H,14H2,1-3H3. The van der Waals surface area contributed by atoms with E-state index in [0.29, 0.717) is 0 Å². The first-order valence-corrected chi connectivity index (χ1v) is 12.0. The maximum absolute atomic E-state index is 11.3. The molecule has 0 saturated heterocycles. The molecule has 0 bridgehead atoms. The maximum Gasteiger partial charge on any atom is 0.270 e. The Hall–Kier alpha value is -3.84. The summed E-state index contributed by atoms with van der Waals surface area (Å²) in [5.74, 6) is 0. The van der Waals surface area contributed by atoms with Gasteiger partial charge in [-0.05, 0) is 61.1 Å². The van der Waals surface area contributed by atoms with Crippen molar-refractivity contribution in [1.29, 1.82) is 0 Å². The number of nitro benzene ring substituents is 1. The van der Waals surface area contributed by atoms with Crippen LogP contribution in [0.15, 0.2) is 82.2 Å². The van der Waals surface area contributed by atoms with Crippen molar-refractivity contribution < 1.29 is 4.92 Å². The van der Waals surface area contributed by atoms with E-state index >= 15 is 0 Å². The highest BCUT2D eigenvalue weighted by Gasteiger charge is 2.19. The van der Waals surface area contributed by atoms with Gasteiger partial charge in [0.1, 0.15) is 0 Å². The SMILES string of the molecule is CC(=Nn1c(-c2cccc([N+](=O)[O-])c2)csc1=NC(C)C)c1ccc2c(c1)Cc1ccccc1-2. The molecule has 5 rings (SSSR count). The number of nitrogens with zero attached hydrogens (tertiary/aromatic N) is 4. The zero-order chi connectivity index (χ0) is 23.8. The molecule has 0 atom stereocenters. The lowest BCUT2D eigenvalue weighted by Crippen LogP contribution is -2.16. The van der Waals surface area contributed by atoms with Crippen molar-refractivity contribution in [3.05, 3.63) is 104 Å². The Labute approximate surface area is 201 Å². The van der Waals surface area contributed by atoms with Crippen LogP contribution in [0.3, 0.4) is 0 Å². The molecule has 1 aliphatic rings. The Bertz CT molecular complexity index is 1510. The third-order valence-electron chi connectivity index (χ3n) is 5.87. The molecule has 0 fully saturated rings. The van der Waals surface area contributed by atoms with Gasteiger partial charge >= 0.3 is 0 Å². The fourth-order valence-corrected chi connectivity index (χ4v) is 5.22. The van der Waals surface area contributed by atoms with E-state index in [9.17, 15) is 10.1 Å². The Balaban J connectivity index is 1.59. The van der Waals surface area contributed by atoms with E-state index in [1.807, 2.05) is 32.2 Å². The number of aromatic nitrogens is 1. The first-order chi connectivity index (χ1) is 16.4.